The molecule has 0 atom stereocenters. The first-order chi connectivity index (χ1) is 6.18. The van der Waals surface area contributed by atoms with Crippen LogP contribution >= 0.6 is 15.9 Å². The Balaban J connectivity index is 2.44. The third-order valence-corrected chi connectivity index (χ3v) is 3.06. The van der Waals surface area contributed by atoms with Crippen LogP contribution in [0.25, 0.3) is 0 Å². The van der Waals surface area contributed by atoms with E-state index in [1.54, 1.807) is 6.07 Å². The molecule has 0 aliphatic heterocycles. The molecule has 2 rings (SSSR count). The third kappa shape index (κ3) is 1.48. The Kier molecular flexibility index (Phi) is 2.12. The van der Waals surface area contributed by atoms with Crippen LogP contribution in [0.5, 0.6) is 0 Å². The molecule has 1 aliphatic carbocycles. The summed E-state index contributed by atoms with van der Waals surface area (Å²) in [5.74, 6) is -0.383. The second-order valence-corrected chi connectivity index (χ2v) is 4.39. The average Bonchev–Trinajstić information content (AvgIpc) is 2.90. The Bertz CT molecular complexity index is 336. The van der Waals surface area contributed by atoms with Crippen LogP contribution < -0.4 is 5.73 Å². The molecule has 1 aromatic rings. The summed E-state index contributed by atoms with van der Waals surface area (Å²) in [5.41, 5.74) is 6.14. The van der Waals surface area contributed by atoms with E-state index in [0.717, 1.165) is 17.3 Å². The maximum absolute atomic E-state index is 13.3. The van der Waals surface area contributed by atoms with Gasteiger partial charge in [0.1, 0.15) is 0 Å². The van der Waals surface area contributed by atoms with Crippen molar-refractivity contribution in [2.45, 2.75) is 18.3 Å². The van der Waals surface area contributed by atoms with Crippen LogP contribution in [0.3, 0.4) is 0 Å². The van der Waals surface area contributed by atoms with Gasteiger partial charge in [-0.05, 0) is 34.8 Å². The molecule has 1 fully saturated rings. The molecular weight excluding hydrogens is 235 g/mol. The molecule has 0 amide bonds. The highest BCUT2D eigenvalue weighted by molar-refractivity contribution is 9.10. The zero-order valence-electron chi connectivity index (χ0n) is 7.06. The highest BCUT2D eigenvalue weighted by Crippen LogP contribution is 2.48. The average molecular weight is 245 g/mol. The number of nitrogens with zero attached hydrogens (tertiary/aromatic N) is 1. The second kappa shape index (κ2) is 3.03. The Morgan fingerprint density at radius 1 is 1.62 bits per heavy atom. The summed E-state index contributed by atoms with van der Waals surface area (Å²) < 4.78 is 14.1. The highest BCUT2D eigenvalue weighted by atomic mass is 79.9. The van der Waals surface area contributed by atoms with Crippen LogP contribution in [0.2, 0.25) is 0 Å². The van der Waals surface area contributed by atoms with E-state index in [4.69, 9.17) is 5.73 Å². The van der Waals surface area contributed by atoms with Crippen molar-refractivity contribution < 1.29 is 4.39 Å². The molecule has 0 spiro atoms. The molecule has 2 N–H and O–H groups in total. The smallest absolute Gasteiger partial charge is 0.216 e. The number of rotatable bonds is 2. The first-order valence-electron chi connectivity index (χ1n) is 4.19. The van der Waals surface area contributed by atoms with E-state index in [9.17, 15) is 4.39 Å². The molecule has 1 saturated carbocycles. The highest BCUT2D eigenvalue weighted by Gasteiger charge is 2.45. The van der Waals surface area contributed by atoms with E-state index in [2.05, 4.69) is 20.9 Å². The van der Waals surface area contributed by atoms with Crippen LogP contribution in [0, 0.1) is 5.95 Å². The lowest BCUT2D eigenvalue weighted by molar-refractivity contribution is 0.536. The SMILES string of the molecule is NCC1(c2cc(Br)cnc2F)CC1. The Hall–Kier alpha value is -0.480. The van der Waals surface area contributed by atoms with Crippen molar-refractivity contribution in [1.29, 1.82) is 0 Å². The molecule has 0 radical (unpaired) electrons. The van der Waals surface area contributed by atoms with Gasteiger partial charge >= 0.3 is 0 Å². The summed E-state index contributed by atoms with van der Waals surface area (Å²) in [7, 11) is 0. The number of halogens is 2. The van der Waals surface area contributed by atoms with E-state index < -0.39 is 0 Å². The molecule has 0 aromatic carbocycles. The van der Waals surface area contributed by atoms with Crippen LogP contribution in [0.4, 0.5) is 4.39 Å². The summed E-state index contributed by atoms with van der Waals surface area (Å²) in [4.78, 5) is 3.66. The van der Waals surface area contributed by atoms with Gasteiger partial charge in [-0.3, -0.25) is 0 Å². The summed E-state index contributed by atoms with van der Waals surface area (Å²) in [5, 5.41) is 0. The number of pyridine rings is 1. The predicted molar refractivity (Wildman–Crippen MR) is 51.9 cm³/mol. The molecule has 1 aromatic heterocycles. The first kappa shape index (κ1) is 9.09. The zero-order chi connectivity index (χ0) is 9.47. The summed E-state index contributed by atoms with van der Waals surface area (Å²) in [6, 6.07) is 1.78. The van der Waals surface area contributed by atoms with Gasteiger partial charge in [-0.15, -0.1) is 0 Å². The fourth-order valence-corrected chi connectivity index (χ4v) is 1.86. The van der Waals surface area contributed by atoms with E-state index in [1.807, 2.05) is 0 Å². The van der Waals surface area contributed by atoms with E-state index in [0.29, 0.717) is 12.1 Å². The van der Waals surface area contributed by atoms with Crippen LogP contribution in [-0.2, 0) is 5.41 Å². The zero-order valence-corrected chi connectivity index (χ0v) is 8.64. The second-order valence-electron chi connectivity index (χ2n) is 3.48. The van der Waals surface area contributed by atoms with Crippen molar-refractivity contribution in [2.24, 2.45) is 5.73 Å². The molecule has 1 heterocycles. The fraction of sp³-hybridized carbons (Fsp3) is 0.444. The minimum absolute atomic E-state index is 0.124. The predicted octanol–water partition coefficient (Wildman–Crippen LogP) is 1.97. The van der Waals surface area contributed by atoms with Crippen molar-refractivity contribution in [3.63, 3.8) is 0 Å². The number of hydrogen-bond acceptors (Lipinski definition) is 2. The van der Waals surface area contributed by atoms with Crippen molar-refractivity contribution >= 4 is 15.9 Å². The van der Waals surface area contributed by atoms with E-state index in [-0.39, 0.29) is 11.4 Å². The number of hydrogen-bond donors (Lipinski definition) is 1. The first-order valence-corrected chi connectivity index (χ1v) is 4.99. The maximum atomic E-state index is 13.3. The normalized spacial score (nSPS) is 18.7. The lowest BCUT2D eigenvalue weighted by Gasteiger charge is -2.12. The number of aromatic nitrogens is 1. The summed E-state index contributed by atoms with van der Waals surface area (Å²) in [6.07, 6.45) is 3.41. The lowest BCUT2D eigenvalue weighted by atomic mass is 9.98. The maximum Gasteiger partial charge on any atom is 0.216 e. The third-order valence-electron chi connectivity index (χ3n) is 2.62. The standard InChI is InChI=1S/C9H10BrFN2/c10-6-3-7(8(11)13-4-6)9(5-12)1-2-9/h3-4H,1-2,5,12H2. The van der Waals surface area contributed by atoms with Crippen molar-refractivity contribution in [3.05, 3.63) is 28.2 Å². The monoisotopic (exact) mass is 244 g/mol. The molecular formula is C9H10BrFN2. The van der Waals surface area contributed by atoms with Gasteiger partial charge in [0.25, 0.3) is 0 Å². The van der Waals surface area contributed by atoms with Crippen LogP contribution in [0.1, 0.15) is 18.4 Å². The van der Waals surface area contributed by atoms with E-state index >= 15 is 0 Å². The largest absolute Gasteiger partial charge is 0.330 e. The molecule has 2 nitrogen and oxygen atoms in total. The topological polar surface area (TPSA) is 38.9 Å². The molecule has 0 bridgehead atoms. The molecule has 0 saturated heterocycles. The summed E-state index contributed by atoms with van der Waals surface area (Å²) >= 11 is 3.28. The van der Waals surface area contributed by atoms with Crippen LogP contribution in [0.15, 0.2) is 16.7 Å². The van der Waals surface area contributed by atoms with Crippen LogP contribution in [-0.4, -0.2) is 11.5 Å². The van der Waals surface area contributed by atoms with Gasteiger partial charge in [-0.2, -0.15) is 4.39 Å². The Morgan fingerprint density at radius 2 is 2.31 bits per heavy atom. The quantitative estimate of drug-likeness (QED) is 0.809. The number of nitrogens with two attached hydrogens (primary N) is 1. The fourth-order valence-electron chi connectivity index (χ4n) is 1.53. The minimum Gasteiger partial charge on any atom is -0.330 e. The minimum atomic E-state index is -0.383. The molecule has 13 heavy (non-hydrogen) atoms. The van der Waals surface area contributed by atoms with Crippen molar-refractivity contribution in [3.8, 4) is 0 Å². The molecule has 0 unspecified atom stereocenters. The van der Waals surface area contributed by atoms with Gasteiger partial charge in [0.2, 0.25) is 5.95 Å². The van der Waals surface area contributed by atoms with Gasteiger partial charge in [-0.25, -0.2) is 4.98 Å². The Morgan fingerprint density at radius 3 is 2.85 bits per heavy atom. The van der Waals surface area contributed by atoms with Gasteiger partial charge in [0.05, 0.1) is 0 Å². The van der Waals surface area contributed by atoms with Crippen molar-refractivity contribution in [2.75, 3.05) is 6.54 Å². The van der Waals surface area contributed by atoms with E-state index in [1.165, 1.54) is 6.20 Å². The van der Waals surface area contributed by atoms with Gasteiger partial charge in [0, 0.05) is 28.2 Å². The molecule has 4 heteroatoms. The Labute approximate surface area is 84.5 Å². The lowest BCUT2D eigenvalue weighted by Crippen LogP contribution is -2.21. The van der Waals surface area contributed by atoms with Gasteiger partial charge < -0.3 is 5.73 Å². The van der Waals surface area contributed by atoms with Crippen molar-refractivity contribution in [1.82, 2.24) is 4.98 Å². The molecule has 70 valence electrons. The van der Waals surface area contributed by atoms with Gasteiger partial charge in [0.15, 0.2) is 0 Å². The van der Waals surface area contributed by atoms with Gasteiger partial charge in [-0.1, -0.05) is 0 Å². The molecule has 1 aliphatic rings. The summed E-state index contributed by atoms with van der Waals surface area (Å²) in [6.45, 7) is 0.502.